The largest absolute Gasteiger partial charge is 0.353 e. The van der Waals surface area contributed by atoms with E-state index in [2.05, 4.69) is 39.8 Å². The van der Waals surface area contributed by atoms with Crippen LogP contribution in [-0.2, 0) is 11.3 Å². The van der Waals surface area contributed by atoms with E-state index in [1.165, 1.54) is 17.7 Å². The number of nitrogens with zero attached hydrogens (tertiary/aromatic N) is 3. The van der Waals surface area contributed by atoms with Crippen molar-refractivity contribution in [1.29, 1.82) is 0 Å². The van der Waals surface area contributed by atoms with Crippen molar-refractivity contribution in [3.63, 3.8) is 0 Å². The number of carbonyl (C=O) groups excluding carboxylic acids is 1. The van der Waals surface area contributed by atoms with Crippen LogP contribution in [0, 0.1) is 5.92 Å². The number of likely N-dealkylation sites (tertiary alicyclic amines) is 1. The van der Waals surface area contributed by atoms with Crippen LogP contribution >= 0.6 is 11.3 Å². The topological polar surface area (TPSA) is 50.2 Å². The summed E-state index contributed by atoms with van der Waals surface area (Å²) in [4.78, 5) is 16.0. The second-order valence-electron chi connectivity index (χ2n) is 6.26. The van der Waals surface area contributed by atoms with E-state index >= 15 is 0 Å². The lowest BCUT2D eigenvalue weighted by molar-refractivity contribution is -0.122. The predicted octanol–water partition coefficient (Wildman–Crippen LogP) is 2.53. The molecule has 1 aliphatic heterocycles. The molecule has 3 heterocycles. The zero-order valence-corrected chi connectivity index (χ0v) is 14.3. The number of piperidine rings is 1. The first kappa shape index (κ1) is 16.2. The fourth-order valence-corrected chi connectivity index (χ4v) is 3.90. The van der Waals surface area contributed by atoms with Crippen LogP contribution in [0.25, 0.3) is 0 Å². The van der Waals surface area contributed by atoms with Gasteiger partial charge >= 0.3 is 0 Å². The van der Waals surface area contributed by atoms with Gasteiger partial charge in [0.2, 0.25) is 5.91 Å². The molecule has 0 spiro atoms. The summed E-state index contributed by atoms with van der Waals surface area (Å²) in [6.45, 7) is 5.48. The molecule has 0 aromatic carbocycles. The smallest absolute Gasteiger partial charge is 0.241 e. The fourth-order valence-electron chi connectivity index (χ4n) is 3.04. The first-order valence-corrected chi connectivity index (χ1v) is 9.12. The second-order valence-corrected chi connectivity index (χ2v) is 7.24. The molecule has 3 rings (SSSR count). The van der Waals surface area contributed by atoms with Crippen LogP contribution in [-0.4, -0.2) is 40.2 Å². The molecule has 124 valence electrons. The summed E-state index contributed by atoms with van der Waals surface area (Å²) in [6.07, 6.45) is 5.98. The standard InChI is InChI=1S/C17H24N4OS/c1-14-5-9-20(10-6-14)15(16-4-2-11-23-16)12-18-17(22)13-21-8-3-7-19-21/h2-4,7-8,11,14-15H,5-6,9-10,12-13H2,1H3,(H,18,22)/t15-/m0/s1. The van der Waals surface area contributed by atoms with Gasteiger partial charge in [-0.25, -0.2) is 0 Å². The molecule has 1 fully saturated rings. The Kier molecular flexibility index (Phi) is 5.46. The molecule has 23 heavy (non-hydrogen) atoms. The number of hydrogen-bond acceptors (Lipinski definition) is 4. The maximum Gasteiger partial charge on any atom is 0.241 e. The van der Waals surface area contributed by atoms with E-state index in [9.17, 15) is 4.79 Å². The second kappa shape index (κ2) is 7.75. The molecular weight excluding hydrogens is 308 g/mol. The minimum absolute atomic E-state index is 0.0145. The van der Waals surface area contributed by atoms with Gasteiger partial charge in [0.25, 0.3) is 0 Å². The molecule has 1 amide bonds. The summed E-state index contributed by atoms with van der Waals surface area (Å²) >= 11 is 1.77. The Labute approximate surface area is 141 Å². The number of carbonyl (C=O) groups is 1. The highest BCUT2D eigenvalue weighted by Gasteiger charge is 2.25. The highest BCUT2D eigenvalue weighted by Crippen LogP contribution is 2.28. The van der Waals surface area contributed by atoms with E-state index in [-0.39, 0.29) is 18.5 Å². The van der Waals surface area contributed by atoms with Crippen molar-refractivity contribution in [2.45, 2.75) is 32.4 Å². The third-order valence-corrected chi connectivity index (χ3v) is 5.46. The van der Waals surface area contributed by atoms with Gasteiger partial charge in [-0.05, 0) is 49.4 Å². The average molecular weight is 332 g/mol. The number of thiophene rings is 1. The molecule has 2 aromatic heterocycles. The predicted molar refractivity (Wildman–Crippen MR) is 92.3 cm³/mol. The van der Waals surface area contributed by atoms with Gasteiger partial charge in [0.15, 0.2) is 0 Å². The number of amides is 1. The first-order chi connectivity index (χ1) is 11.2. The zero-order chi connectivity index (χ0) is 16.1. The normalized spacial score (nSPS) is 18.0. The highest BCUT2D eigenvalue weighted by atomic mass is 32.1. The zero-order valence-electron chi connectivity index (χ0n) is 13.5. The Morgan fingerprint density at radius 1 is 1.43 bits per heavy atom. The van der Waals surface area contributed by atoms with Gasteiger partial charge < -0.3 is 5.32 Å². The molecule has 1 atom stereocenters. The maximum absolute atomic E-state index is 12.1. The van der Waals surface area contributed by atoms with E-state index < -0.39 is 0 Å². The minimum atomic E-state index is 0.0145. The van der Waals surface area contributed by atoms with Crippen LogP contribution in [0.5, 0.6) is 0 Å². The summed E-state index contributed by atoms with van der Waals surface area (Å²) < 4.78 is 1.65. The van der Waals surface area contributed by atoms with Crippen LogP contribution in [0.3, 0.4) is 0 Å². The van der Waals surface area contributed by atoms with Gasteiger partial charge in [-0.2, -0.15) is 5.10 Å². The summed E-state index contributed by atoms with van der Waals surface area (Å²) in [5, 5.41) is 9.27. The molecule has 5 nitrogen and oxygen atoms in total. The fraction of sp³-hybridized carbons (Fsp3) is 0.529. The summed E-state index contributed by atoms with van der Waals surface area (Å²) in [6, 6.07) is 6.37. The molecule has 6 heteroatoms. The number of aromatic nitrogens is 2. The van der Waals surface area contributed by atoms with Crippen LogP contribution in [0.2, 0.25) is 0 Å². The van der Waals surface area contributed by atoms with E-state index in [0.29, 0.717) is 6.54 Å². The van der Waals surface area contributed by atoms with Crippen molar-refractivity contribution in [2.75, 3.05) is 19.6 Å². The van der Waals surface area contributed by atoms with Crippen LogP contribution < -0.4 is 5.32 Å². The average Bonchev–Trinajstić information content (AvgIpc) is 3.23. The quantitative estimate of drug-likeness (QED) is 0.884. The third-order valence-electron chi connectivity index (χ3n) is 4.49. The Balaban J connectivity index is 1.59. The van der Waals surface area contributed by atoms with Crippen molar-refractivity contribution in [2.24, 2.45) is 5.92 Å². The highest BCUT2D eigenvalue weighted by molar-refractivity contribution is 7.10. The number of hydrogen-bond donors (Lipinski definition) is 1. The van der Waals surface area contributed by atoms with Gasteiger partial charge in [0.05, 0.1) is 6.04 Å². The van der Waals surface area contributed by atoms with Gasteiger partial charge in [-0.1, -0.05) is 13.0 Å². The Morgan fingerprint density at radius 2 is 2.26 bits per heavy atom. The molecule has 2 aromatic rings. The Hall–Kier alpha value is -1.66. The lowest BCUT2D eigenvalue weighted by Gasteiger charge is -2.36. The molecule has 0 radical (unpaired) electrons. The van der Waals surface area contributed by atoms with Gasteiger partial charge in [-0.3, -0.25) is 14.4 Å². The van der Waals surface area contributed by atoms with Gasteiger partial charge in [-0.15, -0.1) is 11.3 Å². The van der Waals surface area contributed by atoms with Crippen molar-refractivity contribution >= 4 is 17.2 Å². The van der Waals surface area contributed by atoms with Crippen LogP contribution in [0.1, 0.15) is 30.7 Å². The SMILES string of the molecule is CC1CCN([C@@H](CNC(=O)Cn2cccn2)c2cccs2)CC1. The molecule has 1 aliphatic rings. The van der Waals surface area contributed by atoms with Crippen LogP contribution in [0.4, 0.5) is 0 Å². The van der Waals surface area contributed by atoms with Gasteiger partial charge in [0.1, 0.15) is 6.54 Å². The first-order valence-electron chi connectivity index (χ1n) is 8.24. The molecule has 0 unspecified atom stereocenters. The molecule has 0 bridgehead atoms. The van der Waals surface area contributed by atoms with E-state index in [1.54, 1.807) is 22.2 Å². The number of nitrogens with one attached hydrogen (secondary N) is 1. The van der Waals surface area contributed by atoms with E-state index in [1.807, 2.05) is 12.3 Å². The Bertz CT molecular complexity index is 588. The molecule has 0 aliphatic carbocycles. The van der Waals surface area contributed by atoms with Crippen LogP contribution in [0.15, 0.2) is 36.0 Å². The third kappa shape index (κ3) is 4.42. The van der Waals surface area contributed by atoms with Crippen molar-refractivity contribution < 1.29 is 4.79 Å². The molecule has 1 N–H and O–H groups in total. The molecular formula is C17H24N4OS. The summed E-state index contributed by atoms with van der Waals surface area (Å²) in [7, 11) is 0. The minimum Gasteiger partial charge on any atom is -0.353 e. The Morgan fingerprint density at radius 3 is 2.91 bits per heavy atom. The summed E-state index contributed by atoms with van der Waals surface area (Å²) in [5.74, 6) is 0.824. The number of rotatable bonds is 6. The lowest BCUT2D eigenvalue weighted by Crippen LogP contribution is -2.42. The van der Waals surface area contributed by atoms with Crippen molar-refractivity contribution in [3.8, 4) is 0 Å². The van der Waals surface area contributed by atoms with Gasteiger partial charge in [0, 0.05) is 23.8 Å². The lowest BCUT2D eigenvalue weighted by atomic mass is 9.97. The van der Waals surface area contributed by atoms with E-state index in [0.717, 1.165) is 19.0 Å². The molecule has 0 saturated carbocycles. The molecule has 1 saturated heterocycles. The monoisotopic (exact) mass is 332 g/mol. The van der Waals surface area contributed by atoms with E-state index in [4.69, 9.17) is 0 Å². The summed E-state index contributed by atoms with van der Waals surface area (Å²) in [5.41, 5.74) is 0. The maximum atomic E-state index is 12.1. The van der Waals surface area contributed by atoms with Crippen molar-refractivity contribution in [3.05, 3.63) is 40.8 Å². The van der Waals surface area contributed by atoms with Crippen molar-refractivity contribution in [1.82, 2.24) is 20.0 Å².